The molecule has 1 unspecified atom stereocenters. The molecule has 5 heteroatoms. The van der Waals surface area contributed by atoms with Crippen LogP contribution in [0.4, 0.5) is 4.39 Å². The lowest BCUT2D eigenvalue weighted by Crippen LogP contribution is -2.31. The van der Waals surface area contributed by atoms with E-state index in [9.17, 15) is 14.0 Å². The van der Waals surface area contributed by atoms with Crippen LogP contribution in [0.25, 0.3) is 11.0 Å². The largest absolute Gasteiger partial charge is 0.451 e. The Morgan fingerprint density at radius 3 is 2.83 bits per heavy atom. The van der Waals surface area contributed by atoms with Gasteiger partial charge < -0.3 is 9.73 Å². The molecule has 2 saturated carbocycles. The van der Waals surface area contributed by atoms with E-state index < -0.39 is 11.2 Å². The van der Waals surface area contributed by atoms with Gasteiger partial charge in [0.05, 0.1) is 5.39 Å². The molecule has 0 aliphatic heterocycles. The number of amides is 1. The zero-order chi connectivity index (χ0) is 16.7. The van der Waals surface area contributed by atoms with E-state index >= 15 is 0 Å². The minimum atomic E-state index is -0.502. The van der Waals surface area contributed by atoms with Crippen LogP contribution in [0, 0.1) is 17.2 Å². The van der Waals surface area contributed by atoms with E-state index in [0.29, 0.717) is 17.9 Å². The fraction of sp³-hybridized carbons (Fsp3) is 0.474. The maximum absolute atomic E-state index is 13.2. The van der Waals surface area contributed by atoms with Crippen LogP contribution in [-0.4, -0.2) is 12.5 Å². The van der Waals surface area contributed by atoms with Crippen LogP contribution < -0.4 is 10.7 Å². The molecule has 1 heterocycles. The maximum Gasteiger partial charge on any atom is 0.287 e. The maximum atomic E-state index is 13.2. The molecule has 2 aliphatic carbocycles. The smallest absolute Gasteiger partial charge is 0.287 e. The van der Waals surface area contributed by atoms with E-state index in [2.05, 4.69) is 5.32 Å². The summed E-state index contributed by atoms with van der Waals surface area (Å²) in [7, 11) is 0. The first-order chi connectivity index (χ1) is 11.5. The predicted molar refractivity (Wildman–Crippen MR) is 88.4 cm³/mol. The third-order valence-electron chi connectivity index (χ3n) is 5.68. The van der Waals surface area contributed by atoms with Gasteiger partial charge in [0.1, 0.15) is 11.4 Å². The van der Waals surface area contributed by atoms with Crippen LogP contribution in [0.2, 0.25) is 0 Å². The van der Waals surface area contributed by atoms with Crippen LogP contribution in [0.3, 0.4) is 0 Å². The quantitative estimate of drug-likeness (QED) is 0.935. The second-order valence-electron chi connectivity index (χ2n) is 7.29. The first-order valence-corrected chi connectivity index (χ1v) is 8.56. The molecule has 4 nitrogen and oxygen atoms in total. The number of halogens is 1. The molecule has 1 spiro atoms. The van der Waals surface area contributed by atoms with Gasteiger partial charge in [-0.15, -0.1) is 0 Å². The van der Waals surface area contributed by atoms with Crippen LogP contribution in [0.5, 0.6) is 0 Å². The van der Waals surface area contributed by atoms with Gasteiger partial charge in [-0.05, 0) is 61.6 Å². The van der Waals surface area contributed by atoms with E-state index in [0.717, 1.165) is 18.6 Å². The monoisotopic (exact) mass is 329 g/mol. The van der Waals surface area contributed by atoms with Crippen molar-refractivity contribution in [1.82, 2.24) is 5.32 Å². The molecule has 24 heavy (non-hydrogen) atoms. The van der Waals surface area contributed by atoms with Crippen LogP contribution in [0.1, 0.15) is 49.1 Å². The highest BCUT2D eigenvalue weighted by Gasteiger charge is 2.43. The number of hydrogen-bond acceptors (Lipinski definition) is 3. The number of carbonyl (C=O) groups is 1. The molecule has 2 fully saturated rings. The van der Waals surface area contributed by atoms with Gasteiger partial charge in [-0.3, -0.25) is 9.59 Å². The van der Waals surface area contributed by atoms with Crippen molar-refractivity contribution < 1.29 is 13.6 Å². The zero-order valence-corrected chi connectivity index (χ0v) is 13.4. The summed E-state index contributed by atoms with van der Waals surface area (Å²) in [6.45, 7) is 0.617. The van der Waals surface area contributed by atoms with Crippen molar-refractivity contribution in [2.24, 2.45) is 11.3 Å². The molecule has 1 amide bonds. The summed E-state index contributed by atoms with van der Waals surface area (Å²) in [5.41, 5.74) is 0.369. The molecule has 4 rings (SSSR count). The summed E-state index contributed by atoms with van der Waals surface area (Å²) in [4.78, 5) is 24.3. The van der Waals surface area contributed by atoms with E-state index in [4.69, 9.17) is 4.42 Å². The molecule has 126 valence electrons. The first kappa shape index (κ1) is 15.4. The topological polar surface area (TPSA) is 59.3 Å². The Hall–Kier alpha value is -2.17. The summed E-state index contributed by atoms with van der Waals surface area (Å²) in [5, 5.41) is 3.03. The van der Waals surface area contributed by atoms with Gasteiger partial charge in [0, 0.05) is 12.6 Å². The van der Waals surface area contributed by atoms with Gasteiger partial charge in [0.25, 0.3) is 5.91 Å². The van der Waals surface area contributed by atoms with Crippen molar-refractivity contribution in [3.05, 3.63) is 46.1 Å². The molecule has 0 bridgehead atoms. The summed E-state index contributed by atoms with van der Waals surface area (Å²) in [6.07, 6.45) is 7.60. The van der Waals surface area contributed by atoms with Crippen molar-refractivity contribution in [1.29, 1.82) is 0 Å². The molecule has 2 aromatic rings. The second-order valence-corrected chi connectivity index (χ2v) is 7.29. The molecule has 1 aromatic carbocycles. The van der Waals surface area contributed by atoms with Crippen molar-refractivity contribution in [3.8, 4) is 0 Å². The summed E-state index contributed by atoms with van der Waals surface area (Å²) in [5.74, 6) is -0.392. The average Bonchev–Trinajstić information content (AvgIpc) is 2.98. The van der Waals surface area contributed by atoms with Crippen molar-refractivity contribution in [3.63, 3.8) is 0 Å². The highest BCUT2D eigenvalue weighted by molar-refractivity contribution is 5.93. The molecular weight excluding hydrogens is 309 g/mol. The van der Waals surface area contributed by atoms with E-state index in [1.807, 2.05) is 0 Å². The fourth-order valence-electron chi connectivity index (χ4n) is 4.20. The van der Waals surface area contributed by atoms with Crippen molar-refractivity contribution in [2.75, 3.05) is 6.54 Å². The molecule has 1 atom stereocenters. The van der Waals surface area contributed by atoms with Gasteiger partial charge >= 0.3 is 0 Å². The Morgan fingerprint density at radius 1 is 1.29 bits per heavy atom. The Balaban J connectivity index is 1.45. The van der Waals surface area contributed by atoms with Crippen molar-refractivity contribution >= 4 is 16.9 Å². The predicted octanol–water partition coefficient (Wildman–Crippen LogP) is 3.63. The lowest BCUT2D eigenvalue weighted by atomic mass is 9.67. The van der Waals surface area contributed by atoms with Gasteiger partial charge in [-0.1, -0.05) is 6.42 Å². The van der Waals surface area contributed by atoms with Gasteiger partial charge in [-0.2, -0.15) is 0 Å². The summed E-state index contributed by atoms with van der Waals surface area (Å²) >= 11 is 0. The standard InChI is InChI=1S/C19H20FNO3/c20-13-2-3-16-14(8-13)15(22)9-17(24-16)18(23)21-11-12-4-7-19(10-12)5-1-6-19/h2-3,8-9,12H,1,4-7,10-11H2,(H,21,23). The number of rotatable bonds is 3. The molecule has 0 saturated heterocycles. The number of carbonyl (C=O) groups excluding carboxylic acids is 1. The second kappa shape index (κ2) is 5.72. The summed E-state index contributed by atoms with van der Waals surface area (Å²) in [6, 6.07) is 4.85. The van der Waals surface area contributed by atoms with E-state index in [1.54, 1.807) is 0 Å². The number of benzene rings is 1. The summed E-state index contributed by atoms with van der Waals surface area (Å²) < 4.78 is 18.7. The number of fused-ring (bicyclic) bond motifs is 1. The lowest BCUT2D eigenvalue weighted by Gasteiger charge is -2.38. The van der Waals surface area contributed by atoms with E-state index in [1.165, 1.54) is 44.2 Å². The fourth-order valence-corrected chi connectivity index (χ4v) is 4.20. The van der Waals surface area contributed by atoms with Crippen LogP contribution in [0.15, 0.2) is 33.5 Å². The number of hydrogen-bond donors (Lipinski definition) is 1. The minimum Gasteiger partial charge on any atom is -0.451 e. The van der Waals surface area contributed by atoms with E-state index in [-0.39, 0.29) is 22.6 Å². The van der Waals surface area contributed by atoms with Crippen molar-refractivity contribution in [2.45, 2.75) is 38.5 Å². The zero-order valence-electron chi connectivity index (χ0n) is 13.4. The number of nitrogens with one attached hydrogen (secondary N) is 1. The molecule has 1 aromatic heterocycles. The molecule has 2 aliphatic rings. The Morgan fingerprint density at radius 2 is 2.12 bits per heavy atom. The Kier molecular flexibility index (Phi) is 3.66. The molecule has 1 N–H and O–H groups in total. The van der Waals surface area contributed by atoms with Gasteiger partial charge in [0.2, 0.25) is 0 Å². The normalized spacial score (nSPS) is 21.8. The highest BCUT2D eigenvalue weighted by Crippen LogP contribution is 2.54. The third kappa shape index (κ3) is 2.72. The minimum absolute atomic E-state index is 0.0181. The average molecular weight is 329 g/mol. The third-order valence-corrected chi connectivity index (χ3v) is 5.68. The SMILES string of the molecule is O=C(NCC1CCC2(CCC2)C1)c1cc(=O)c2cc(F)ccc2o1. The molecular formula is C19H20FNO3. The lowest BCUT2D eigenvalue weighted by molar-refractivity contribution is 0.0914. The van der Waals surface area contributed by atoms with Gasteiger partial charge in [-0.25, -0.2) is 4.39 Å². The Labute approximate surface area is 139 Å². The Bertz CT molecular complexity index is 853. The van der Waals surface area contributed by atoms with Crippen LogP contribution >= 0.6 is 0 Å². The van der Waals surface area contributed by atoms with Gasteiger partial charge in [0.15, 0.2) is 11.2 Å². The molecule has 0 radical (unpaired) electrons. The first-order valence-electron chi connectivity index (χ1n) is 8.56. The highest BCUT2D eigenvalue weighted by atomic mass is 19.1. The van der Waals surface area contributed by atoms with Crippen LogP contribution in [-0.2, 0) is 0 Å².